The van der Waals surface area contributed by atoms with Crippen molar-refractivity contribution >= 4 is 17.6 Å². The fourth-order valence-electron chi connectivity index (χ4n) is 3.88. The molecule has 2 aromatic carbocycles. The molecule has 0 atom stereocenters. The summed E-state index contributed by atoms with van der Waals surface area (Å²) in [6.45, 7) is 7.07. The maximum absolute atomic E-state index is 13.5. The number of carbonyl (C=O) groups excluding carboxylic acids is 2. The minimum absolute atomic E-state index is 0.0459. The molecule has 1 aromatic heterocycles. The van der Waals surface area contributed by atoms with Crippen molar-refractivity contribution in [2.75, 3.05) is 25.2 Å². The molecular formula is C27H31N3O5. The largest absolute Gasteiger partial charge is 0.464 e. The molecule has 4 rings (SSSR count). The zero-order chi connectivity index (χ0) is 24.8. The molecule has 0 spiro atoms. The molecule has 0 bridgehead atoms. The molecule has 1 aliphatic rings. The lowest BCUT2D eigenvalue weighted by atomic mass is 10.2. The third kappa shape index (κ3) is 6.35. The predicted molar refractivity (Wildman–Crippen MR) is 132 cm³/mol. The second kappa shape index (κ2) is 11.0. The molecule has 0 aliphatic carbocycles. The Morgan fingerprint density at radius 1 is 0.914 bits per heavy atom. The monoisotopic (exact) mass is 477 g/mol. The molecule has 1 N–H and O–H groups in total. The van der Waals surface area contributed by atoms with Gasteiger partial charge in [0.15, 0.2) is 11.5 Å². The summed E-state index contributed by atoms with van der Waals surface area (Å²) >= 11 is 0. The number of hydrogen-bond donors (Lipinski definition) is 1. The van der Waals surface area contributed by atoms with Crippen LogP contribution < -0.4 is 14.8 Å². The lowest BCUT2D eigenvalue weighted by Crippen LogP contribution is -2.44. The number of amides is 3. The van der Waals surface area contributed by atoms with Crippen LogP contribution in [0, 0.1) is 13.8 Å². The number of rotatable bonds is 9. The predicted octanol–water partition coefficient (Wildman–Crippen LogP) is 5.10. The topological polar surface area (TPSA) is 84.2 Å². The molecule has 3 aromatic rings. The van der Waals surface area contributed by atoms with Gasteiger partial charge in [0.05, 0.1) is 6.54 Å². The second-order valence-corrected chi connectivity index (χ2v) is 8.67. The summed E-state index contributed by atoms with van der Waals surface area (Å²) in [4.78, 5) is 29.7. The van der Waals surface area contributed by atoms with E-state index in [2.05, 4.69) is 5.32 Å². The van der Waals surface area contributed by atoms with Gasteiger partial charge < -0.3 is 29.0 Å². The zero-order valence-corrected chi connectivity index (χ0v) is 20.4. The highest BCUT2D eigenvalue weighted by molar-refractivity contribution is 5.92. The average Bonchev–Trinajstić information content (AvgIpc) is 3.48. The number of aryl methyl sites for hydroxylation is 2. The molecule has 8 nitrogen and oxygen atoms in total. The van der Waals surface area contributed by atoms with Gasteiger partial charge in [-0.05, 0) is 62.2 Å². The molecule has 1 aliphatic heterocycles. The van der Waals surface area contributed by atoms with Crippen LogP contribution in [0.3, 0.4) is 0 Å². The standard InChI is InChI=1S/C27H31N3O5/c1-4-13-29(27(32)28-22-9-5-19(2)6-10-22)17-26(31)30(16-23-11-7-20(3)35-23)15-21-8-12-24-25(14-21)34-18-33-24/h5-12,14H,4,13,15-18H2,1-3H3,(H,28,32). The fraction of sp³-hybridized carbons (Fsp3) is 0.333. The molecule has 184 valence electrons. The second-order valence-electron chi connectivity index (χ2n) is 8.67. The van der Waals surface area contributed by atoms with Gasteiger partial charge in [0.2, 0.25) is 12.7 Å². The molecular weight excluding hydrogens is 446 g/mol. The van der Waals surface area contributed by atoms with Gasteiger partial charge in [-0.15, -0.1) is 0 Å². The van der Waals surface area contributed by atoms with Crippen LogP contribution in [0.4, 0.5) is 10.5 Å². The first-order chi connectivity index (χ1) is 16.9. The number of fused-ring (bicyclic) bond motifs is 1. The van der Waals surface area contributed by atoms with Crippen LogP contribution in [0.15, 0.2) is 59.0 Å². The highest BCUT2D eigenvalue weighted by Gasteiger charge is 2.23. The molecule has 0 radical (unpaired) electrons. The van der Waals surface area contributed by atoms with Gasteiger partial charge in [-0.2, -0.15) is 0 Å². The van der Waals surface area contributed by atoms with E-state index in [9.17, 15) is 9.59 Å². The summed E-state index contributed by atoms with van der Waals surface area (Å²) in [5.74, 6) is 2.64. The van der Waals surface area contributed by atoms with Crippen molar-refractivity contribution in [3.05, 3.63) is 77.2 Å². The van der Waals surface area contributed by atoms with Crippen LogP contribution in [-0.4, -0.2) is 41.6 Å². The van der Waals surface area contributed by atoms with Crippen molar-refractivity contribution in [3.8, 4) is 11.5 Å². The Labute approximate surface area is 205 Å². The van der Waals surface area contributed by atoms with Gasteiger partial charge in [0, 0.05) is 18.8 Å². The molecule has 35 heavy (non-hydrogen) atoms. The maximum atomic E-state index is 13.5. The van der Waals surface area contributed by atoms with Crippen molar-refractivity contribution in [2.24, 2.45) is 0 Å². The summed E-state index contributed by atoms with van der Waals surface area (Å²) in [7, 11) is 0. The number of nitrogens with one attached hydrogen (secondary N) is 1. The number of furan rings is 1. The van der Waals surface area contributed by atoms with Crippen molar-refractivity contribution in [1.82, 2.24) is 9.80 Å². The normalized spacial score (nSPS) is 11.9. The number of anilines is 1. The summed E-state index contributed by atoms with van der Waals surface area (Å²) in [5, 5.41) is 2.90. The third-order valence-corrected chi connectivity index (χ3v) is 5.72. The highest BCUT2D eigenvalue weighted by Crippen LogP contribution is 2.33. The van der Waals surface area contributed by atoms with E-state index in [0.29, 0.717) is 42.6 Å². The summed E-state index contributed by atoms with van der Waals surface area (Å²) < 4.78 is 16.6. The van der Waals surface area contributed by atoms with Crippen LogP contribution in [-0.2, 0) is 17.9 Å². The van der Waals surface area contributed by atoms with Gasteiger partial charge in [0.1, 0.15) is 18.1 Å². The van der Waals surface area contributed by atoms with E-state index in [1.165, 1.54) is 0 Å². The summed E-state index contributed by atoms with van der Waals surface area (Å²) in [5.41, 5.74) is 2.70. The van der Waals surface area contributed by atoms with E-state index < -0.39 is 0 Å². The van der Waals surface area contributed by atoms with Crippen LogP contribution in [0.5, 0.6) is 11.5 Å². The number of nitrogens with zero attached hydrogens (tertiary/aromatic N) is 2. The smallest absolute Gasteiger partial charge is 0.322 e. The molecule has 0 fully saturated rings. The van der Waals surface area contributed by atoms with E-state index in [0.717, 1.165) is 23.3 Å². The highest BCUT2D eigenvalue weighted by atomic mass is 16.7. The lowest BCUT2D eigenvalue weighted by molar-refractivity contribution is -0.133. The minimum Gasteiger partial charge on any atom is -0.464 e. The van der Waals surface area contributed by atoms with Gasteiger partial charge in [-0.25, -0.2) is 4.79 Å². The quantitative estimate of drug-likeness (QED) is 0.464. The van der Waals surface area contributed by atoms with Crippen LogP contribution >= 0.6 is 0 Å². The molecule has 0 unspecified atom stereocenters. The zero-order valence-electron chi connectivity index (χ0n) is 20.4. The van der Waals surface area contributed by atoms with Gasteiger partial charge in [0.25, 0.3) is 0 Å². The van der Waals surface area contributed by atoms with E-state index >= 15 is 0 Å². The van der Waals surface area contributed by atoms with Crippen molar-refractivity contribution in [1.29, 1.82) is 0 Å². The Morgan fingerprint density at radius 2 is 1.69 bits per heavy atom. The van der Waals surface area contributed by atoms with Crippen molar-refractivity contribution < 1.29 is 23.5 Å². The number of carbonyl (C=O) groups is 2. The number of hydrogen-bond acceptors (Lipinski definition) is 5. The van der Waals surface area contributed by atoms with Gasteiger partial charge in [-0.3, -0.25) is 4.79 Å². The Balaban J connectivity index is 1.49. The Bertz CT molecular complexity index is 1170. The van der Waals surface area contributed by atoms with Crippen molar-refractivity contribution in [3.63, 3.8) is 0 Å². The lowest BCUT2D eigenvalue weighted by Gasteiger charge is -2.27. The SMILES string of the molecule is CCCN(CC(=O)N(Cc1ccc2c(c1)OCO2)Cc1ccc(C)o1)C(=O)Nc1ccc(C)cc1. The molecule has 3 amide bonds. The van der Waals surface area contributed by atoms with Gasteiger partial charge in [-0.1, -0.05) is 30.7 Å². The average molecular weight is 478 g/mol. The first-order valence-electron chi connectivity index (χ1n) is 11.8. The van der Waals surface area contributed by atoms with E-state index in [4.69, 9.17) is 13.9 Å². The number of urea groups is 1. The Hall–Kier alpha value is -3.94. The Kier molecular flexibility index (Phi) is 7.60. The summed E-state index contributed by atoms with van der Waals surface area (Å²) in [6, 6.07) is 16.6. The van der Waals surface area contributed by atoms with Crippen molar-refractivity contribution in [2.45, 2.75) is 40.3 Å². The summed E-state index contributed by atoms with van der Waals surface area (Å²) in [6.07, 6.45) is 0.730. The molecule has 8 heteroatoms. The number of ether oxygens (including phenoxy) is 2. The van der Waals surface area contributed by atoms with Gasteiger partial charge >= 0.3 is 6.03 Å². The maximum Gasteiger partial charge on any atom is 0.322 e. The van der Waals surface area contributed by atoms with E-state index in [-0.39, 0.29) is 25.3 Å². The van der Waals surface area contributed by atoms with Crippen LogP contribution in [0.25, 0.3) is 0 Å². The fourth-order valence-corrected chi connectivity index (χ4v) is 3.88. The first-order valence-corrected chi connectivity index (χ1v) is 11.8. The number of benzene rings is 2. The molecule has 0 saturated heterocycles. The Morgan fingerprint density at radius 3 is 2.40 bits per heavy atom. The van der Waals surface area contributed by atoms with E-state index in [1.54, 1.807) is 9.80 Å². The van der Waals surface area contributed by atoms with Crippen LogP contribution in [0.2, 0.25) is 0 Å². The third-order valence-electron chi connectivity index (χ3n) is 5.72. The molecule has 0 saturated carbocycles. The molecule has 2 heterocycles. The first kappa shape index (κ1) is 24.2. The minimum atomic E-state index is -0.305. The van der Waals surface area contributed by atoms with Crippen LogP contribution in [0.1, 0.15) is 36.0 Å². The van der Waals surface area contributed by atoms with E-state index in [1.807, 2.05) is 75.4 Å².